The number of pyridine rings is 1. The lowest BCUT2D eigenvalue weighted by Crippen LogP contribution is -2.10. The average Bonchev–Trinajstić information content (AvgIpc) is 2.94. The smallest absolute Gasteiger partial charge is 0.339 e. The molecule has 6 heteroatoms. The Bertz CT molecular complexity index is 647. The highest BCUT2D eigenvalue weighted by Crippen LogP contribution is 2.11. The summed E-state index contributed by atoms with van der Waals surface area (Å²) in [6.45, 7) is 2.57. The average molecular weight is 301 g/mol. The number of unbranched alkanes of at least 4 members (excludes halogenated alkanes) is 1. The Kier molecular flexibility index (Phi) is 5.41. The van der Waals surface area contributed by atoms with Gasteiger partial charge in [-0.1, -0.05) is 13.3 Å². The topological polar surface area (TPSA) is 74.1 Å². The lowest BCUT2D eigenvalue weighted by Gasteiger charge is -2.09. The number of aryl methyl sites for hydroxylation is 1. The van der Waals surface area contributed by atoms with Crippen molar-refractivity contribution in [1.29, 1.82) is 0 Å². The summed E-state index contributed by atoms with van der Waals surface area (Å²) >= 11 is 0. The second-order valence-electron chi connectivity index (χ2n) is 4.94. The largest absolute Gasteiger partial charge is 0.465 e. The van der Waals surface area contributed by atoms with Crippen molar-refractivity contribution in [2.75, 3.05) is 7.11 Å². The molecular formula is C16H19N3O3. The van der Waals surface area contributed by atoms with Crippen LogP contribution < -0.4 is 0 Å². The SMILES string of the molecule is CCCCc1ncc(C=O)n1Cc1ccc(C(=O)OC)cn1. The number of nitrogens with zero attached hydrogens (tertiary/aromatic N) is 3. The van der Waals surface area contributed by atoms with E-state index in [1.54, 1.807) is 18.3 Å². The third kappa shape index (κ3) is 3.58. The fourth-order valence-corrected chi connectivity index (χ4v) is 2.16. The molecule has 0 saturated heterocycles. The molecule has 116 valence electrons. The van der Waals surface area contributed by atoms with Crippen molar-refractivity contribution in [3.05, 3.63) is 47.3 Å². The zero-order valence-electron chi connectivity index (χ0n) is 12.8. The summed E-state index contributed by atoms with van der Waals surface area (Å²) in [4.78, 5) is 31.1. The van der Waals surface area contributed by atoms with E-state index in [0.717, 1.165) is 37.1 Å². The van der Waals surface area contributed by atoms with Gasteiger partial charge < -0.3 is 9.30 Å². The summed E-state index contributed by atoms with van der Waals surface area (Å²) in [6, 6.07) is 3.42. The molecule has 2 aromatic heterocycles. The van der Waals surface area contributed by atoms with Gasteiger partial charge in [0.05, 0.1) is 31.1 Å². The minimum absolute atomic E-state index is 0.402. The van der Waals surface area contributed by atoms with E-state index in [-0.39, 0.29) is 0 Å². The number of aromatic nitrogens is 3. The van der Waals surface area contributed by atoms with E-state index in [0.29, 0.717) is 17.8 Å². The van der Waals surface area contributed by atoms with Crippen molar-refractivity contribution in [2.45, 2.75) is 32.7 Å². The van der Waals surface area contributed by atoms with Gasteiger partial charge in [-0.15, -0.1) is 0 Å². The van der Waals surface area contributed by atoms with Gasteiger partial charge in [0.2, 0.25) is 0 Å². The van der Waals surface area contributed by atoms with Crippen LogP contribution in [0.2, 0.25) is 0 Å². The molecule has 0 N–H and O–H groups in total. The molecule has 0 bridgehead atoms. The van der Waals surface area contributed by atoms with Crippen LogP contribution in [0.4, 0.5) is 0 Å². The van der Waals surface area contributed by atoms with Gasteiger partial charge in [0.1, 0.15) is 11.5 Å². The first kappa shape index (κ1) is 15.9. The summed E-state index contributed by atoms with van der Waals surface area (Å²) in [6.07, 6.45) is 6.76. The molecule has 0 amide bonds. The fourth-order valence-electron chi connectivity index (χ4n) is 2.16. The molecule has 0 aliphatic carbocycles. The van der Waals surface area contributed by atoms with E-state index in [9.17, 15) is 9.59 Å². The number of esters is 1. The molecule has 0 spiro atoms. The van der Waals surface area contributed by atoms with Crippen LogP contribution in [-0.4, -0.2) is 33.9 Å². The summed E-state index contributed by atoms with van der Waals surface area (Å²) < 4.78 is 6.51. The van der Waals surface area contributed by atoms with Crippen LogP contribution >= 0.6 is 0 Å². The monoisotopic (exact) mass is 301 g/mol. The lowest BCUT2D eigenvalue weighted by atomic mass is 10.2. The molecule has 0 aromatic carbocycles. The van der Waals surface area contributed by atoms with Crippen molar-refractivity contribution in [1.82, 2.24) is 14.5 Å². The van der Waals surface area contributed by atoms with Gasteiger partial charge in [-0.25, -0.2) is 9.78 Å². The summed E-state index contributed by atoms with van der Waals surface area (Å²) in [5.41, 5.74) is 1.69. The van der Waals surface area contributed by atoms with Gasteiger partial charge in [0.25, 0.3) is 0 Å². The molecule has 2 aromatic rings. The maximum absolute atomic E-state index is 11.4. The summed E-state index contributed by atoms with van der Waals surface area (Å²) in [5, 5.41) is 0. The van der Waals surface area contributed by atoms with Crippen molar-refractivity contribution < 1.29 is 14.3 Å². The number of hydrogen-bond acceptors (Lipinski definition) is 5. The highest BCUT2D eigenvalue weighted by atomic mass is 16.5. The second-order valence-corrected chi connectivity index (χ2v) is 4.94. The molecule has 6 nitrogen and oxygen atoms in total. The van der Waals surface area contributed by atoms with Crippen LogP contribution in [0.1, 0.15) is 52.1 Å². The molecule has 2 rings (SSSR count). The molecule has 22 heavy (non-hydrogen) atoms. The number of ether oxygens (including phenoxy) is 1. The van der Waals surface area contributed by atoms with Gasteiger partial charge in [0.15, 0.2) is 6.29 Å². The van der Waals surface area contributed by atoms with E-state index < -0.39 is 5.97 Å². The standard InChI is InChI=1S/C16H19N3O3/c1-3-4-5-15-18-9-14(11-20)19(15)10-13-7-6-12(8-17-13)16(21)22-2/h6-9,11H,3-5,10H2,1-2H3. The molecular weight excluding hydrogens is 282 g/mol. The van der Waals surface area contributed by atoms with Crippen LogP contribution in [0.15, 0.2) is 24.5 Å². The Balaban J connectivity index is 2.20. The van der Waals surface area contributed by atoms with Gasteiger partial charge in [0, 0.05) is 12.6 Å². The quantitative estimate of drug-likeness (QED) is 0.579. The van der Waals surface area contributed by atoms with E-state index in [4.69, 9.17) is 0 Å². The van der Waals surface area contributed by atoms with E-state index >= 15 is 0 Å². The Morgan fingerprint density at radius 1 is 1.32 bits per heavy atom. The van der Waals surface area contributed by atoms with Crippen molar-refractivity contribution in [3.63, 3.8) is 0 Å². The number of imidazole rings is 1. The van der Waals surface area contributed by atoms with Crippen molar-refractivity contribution in [2.24, 2.45) is 0 Å². The Morgan fingerprint density at radius 3 is 2.73 bits per heavy atom. The fraction of sp³-hybridized carbons (Fsp3) is 0.375. The second kappa shape index (κ2) is 7.49. The number of hydrogen-bond donors (Lipinski definition) is 0. The van der Waals surface area contributed by atoms with Gasteiger partial charge in [-0.2, -0.15) is 0 Å². The number of methoxy groups -OCH3 is 1. The zero-order chi connectivity index (χ0) is 15.9. The summed E-state index contributed by atoms with van der Waals surface area (Å²) in [5.74, 6) is 0.460. The molecule has 2 heterocycles. The first-order chi connectivity index (χ1) is 10.7. The third-order valence-corrected chi connectivity index (χ3v) is 3.41. The summed E-state index contributed by atoms with van der Waals surface area (Å²) in [7, 11) is 1.33. The number of carbonyl (C=O) groups excluding carboxylic acids is 2. The number of carbonyl (C=O) groups is 2. The number of aldehydes is 1. The molecule has 0 aliphatic rings. The van der Waals surface area contributed by atoms with Crippen LogP contribution in [0, 0.1) is 0 Å². The van der Waals surface area contributed by atoms with E-state index in [1.807, 2.05) is 4.57 Å². The van der Waals surface area contributed by atoms with Crippen LogP contribution in [0.25, 0.3) is 0 Å². The van der Waals surface area contributed by atoms with Crippen LogP contribution in [-0.2, 0) is 17.7 Å². The molecule has 0 fully saturated rings. The minimum Gasteiger partial charge on any atom is -0.465 e. The molecule has 0 radical (unpaired) electrons. The predicted molar refractivity (Wildman–Crippen MR) is 80.9 cm³/mol. The Hall–Kier alpha value is -2.50. The maximum atomic E-state index is 11.4. The molecule has 0 saturated carbocycles. The van der Waals surface area contributed by atoms with E-state index in [1.165, 1.54) is 13.3 Å². The van der Waals surface area contributed by atoms with Gasteiger partial charge >= 0.3 is 5.97 Å². The van der Waals surface area contributed by atoms with Crippen molar-refractivity contribution in [3.8, 4) is 0 Å². The highest BCUT2D eigenvalue weighted by Gasteiger charge is 2.11. The minimum atomic E-state index is -0.418. The Labute approximate surface area is 129 Å². The molecule has 0 unspecified atom stereocenters. The number of rotatable bonds is 7. The van der Waals surface area contributed by atoms with Crippen LogP contribution in [0.5, 0.6) is 0 Å². The van der Waals surface area contributed by atoms with Gasteiger partial charge in [-0.05, 0) is 18.6 Å². The molecule has 0 aliphatic heterocycles. The first-order valence-corrected chi connectivity index (χ1v) is 7.22. The zero-order valence-corrected chi connectivity index (χ0v) is 12.8. The first-order valence-electron chi connectivity index (χ1n) is 7.22. The normalized spacial score (nSPS) is 10.5. The van der Waals surface area contributed by atoms with Gasteiger partial charge in [-0.3, -0.25) is 9.78 Å². The highest BCUT2D eigenvalue weighted by molar-refractivity contribution is 5.88. The Morgan fingerprint density at radius 2 is 2.14 bits per heavy atom. The maximum Gasteiger partial charge on any atom is 0.339 e. The lowest BCUT2D eigenvalue weighted by molar-refractivity contribution is 0.0600. The van der Waals surface area contributed by atoms with Crippen molar-refractivity contribution >= 4 is 12.3 Å². The van der Waals surface area contributed by atoms with Crippen LogP contribution in [0.3, 0.4) is 0 Å². The predicted octanol–water partition coefficient (Wildman–Crippen LogP) is 2.27. The third-order valence-electron chi connectivity index (χ3n) is 3.41. The molecule has 0 atom stereocenters. The van der Waals surface area contributed by atoms with E-state index in [2.05, 4.69) is 21.6 Å².